The molecule has 0 saturated carbocycles. The summed E-state index contributed by atoms with van der Waals surface area (Å²) in [5, 5.41) is 0.600. The molecule has 0 radical (unpaired) electrons. The van der Waals surface area contributed by atoms with E-state index in [4.69, 9.17) is 21.1 Å². The summed E-state index contributed by atoms with van der Waals surface area (Å²) in [6.07, 6.45) is 3.23. The zero-order chi connectivity index (χ0) is 16.1. The normalized spacial score (nSPS) is 10.7. The molecule has 0 fully saturated rings. The first-order valence-corrected chi connectivity index (χ1v) is 7.61. The molecule has 2 rings (SSSR count). The molecule has 0 N–H and O–H groups in total. The largest absolute Gasteiger partial charge is 0.493 e. The number of benzene rings is 2. The molecule has 0 atom stereocenters. The third kappa shape index (κ3) is 3.90. The average Bonchev–Trinajstić information content (AvgIpc) is 2.53. The number of ketones is 1. The lowest BCUT2D eigenvalue weighted by molar-refractivity contribution is 0.104. The third-order valence-corrected chi connectivity index (χ3v) is 3.98. The minimum atomic E-state index is -0.0987. The Morgan fingerprint density at radius 3 is 2.27 bits per heavy atom. The van der Waals surface area contributed by atoms with Crippen LogP contribution in [0.2, 0.25) is 5.02 Å². The fraction of sp³-hybridized carbons (Fsp3) is 0.118. The highest BCUT2D eigenvalue weighted by atomic mass is 79.9. The van der Waals surface area contributed by atoms with Crippen molar-refractivity contribution in [2.75, 3.05) is 14.2 Å². The zero-order valence-corrected chi connectivity index (χ0v) is 14.4. The van der Waals surface area contributed by atoms with Gasteiger partial charge in [0.2, 0.25) is 0 Å². The van der Waals surface area contributed by atoms with E-state index in [9.17, 15) is 4.79 Å². The molecule has 22 heavy (non-hydrogen) atoms. The van der Waals surface area contributed by atoms with Gasteiger partial charge in [-0.15, -0.1) is 0 Å². The molecule has 2 aromatic rings. The Morgan fingerprint density at radius 2 is 1.68 bits per heavy atom. The van der Waals surface area contributed by atoms with Gasteiger partial charge in [-0.2, -0.15) is 0 Å². The quantitative estimate of drug-likeness (QED) is 0.539. The van der Waals surface area contributed by atoms with Gasteiger partial charge in [0.25, 0.3) is 0 Å². The number of carbonyl (C=O) groups is 1. The number of rotatable bonds is 5. The molecule has 0 aliphatic carbocycles. The molecule has 0 unspecified atom stereocenters. The van der Waals surface area contributed by atoms with Gasteiger partial charge in [0.15, 0.2) is 17.3 Å². The summed E-state index contributed by atoms with van der Waals surface area (Å²) < 4.78 is 11.3. The fourth-order valence-corrected chi connectivity index (χ4v) is 2.45. The molecule has 0 saturated heterocycles. The maximum Gasteiger partial charge on any atom is 0.185 e. The molecular formula is C17H14BrClO3. The first kappa shape index (κ1) is 16.6. The van der Waals surface area contributed by atoms with Gasteiger partial charge in [-0.3, -0.25) is 4.79 Å². The van der Waals surface area contributed by atoms with E-state index in [0.717, 1.165) is 10.0 Å². The summed E-state index contributed by atoms with van der Waals surface area (Å²) in [5.74, 6) is 1.12. The van der Waals surface area contributed by atoms with E-state index >= 15 is 0 Å². The van der Waals surface area contributed by atoms with Crippen LogP contribution < -0.4 is 9.47 Å². The topological polar surface area (TPSA) is 35.5 Å². The Kier molecular flexibility index (Phi) is 5.63. The smallest absolute Gasteiger partial charge is 0.185 e. The number of halogens is 2. The van der Waals surface area contributed by atoms with Crippen molar-refractivity contribution in [3.63, 3.8) is 0 Å². The molecule has 0 heterocycles. The Labute approximate surface area is 142 Å². The van der Waals surface area contributed by atoms with E-state index in [1.807, 2.05) is 0 Å². The molecule has 0 aliphatic heterocycles. The lowest BCUT2D eigenvalue weighted by Crippen LogP contribution is -1.94. The van der Waals surface area contributed by atoms with E-state index < -0.39 is 0 Å². The molecule has 0 bridgehead atoms. The van der Waals surface area contributed by atoms with Crippen molar-refractivity contribution in [2.45, 2.75) is 0 Å². The Balaban J connectivity index is 2.26. The van der Waals surface area contributed by atoms with Crippen molar-refractivity contribution in [2.24, 2.45) is 0 Å². The molecule has 0 aliphatic rings. The minimum absolute atomic E-state index is 0.0987. The molecular weight excluding hydrogens is 368 g/mol. The van der Waals surface area contributed by atoms with Gasteiger partial charge in [0, 0.05) is 15.1 Å². The van der Waals surface area contributed by atoms with E-state index in [0.29, 0.717) is 22.1 Å². The number of methoxy groups -OCH3 is 2. The predicted molar refractivity (Wildman–Crippen MR) is 92.1 cm³/mol. The minimum Gasteiger partial charge on any atom is -0.493 e. The maximum atomic E-state index is 12.1. The second-order valence-electron chi connectivity index (χ2n) is 4.43. The van der Waals surface area contributed by atoms with Gasteiger partial charge in [0.1, 0.15) is 0 Å². The van der Waals surface area contributed by atoms with Gasteiger partial charge in [0.05, 0.1) is 14.2 Å². The molecule has 3 nitrogen and oxygen atoms in total. The predicted octanol–water partition coefficient (Wildman–Crippen LogP) is 5.02. The summed E-state index contributed by atoms with van der Waals surface area (Å²) in [7, 11) is 3.14. The summed E-state index contributed by atoms with van der Waals surface area (Å²) in [4.78, 5) is 12.1. The van der Waals surface area contributed by atoms with E-state index in [1.54, 1.807) is 56.7 Å². The lowest BCUT2D eigenvalue weighted by Gasteiger charge is -2.09. The van der Waals surface area contributed by atoms with Gasteiger partial charge in [-0.1, -0.05) is 27.5 Å². The Hall–Kier alpha value is -1.78. The van der Waals surface area contributed by atoms with Crippen molar-refractivity contribution >= 4 is 39.4 Å². The van der Waals surface area contributed by atoms with E-state index in [1.165, 1.54) is 6.08 Å². The maximum absolute atomic E-state index is 12.1. The van der Waals surface area contributed by atoms with Gasteiger partial charge < -0.3 is 9.47 Å². The van der Waals surface area contributed by atoms with Crippen LogP contribution in [0.25, 0.3) is 6.08 Å². The Bertz CT molecular complexity index is 709. The van der Waals surface area contributed by atoms with Crippen molar-refractivity contribution in [1.82, 2.24) is 0 Å². The fourth-order valence-electron chi connectivity index (χ4n) is 1.87. The van der Waals surface area contributed by atoms with Crippen molar-refractivity contribution in [3.8, 4) is 11.5 Å². The highest BCUT2D eigenvalue weighted by Gasteiger charge is 2.08. The number of hydrogen-bond acceptors (Lipinski definition) is 3. The molecule has 5 heteroatoms. The lowest BCUT2D eigenvalue weighted by atomic mass is 10.1. The highest BCUT2D eigenvalue weighted by molar-refractivity contribution is 9.10. The standard InChI is InChI=1S/C17H14BrClO3/c1-21-16-9-12(14(18)10-17(16)22-2)5-8-15(20)11-3-6-13(19)7-4-11/h3-10H,1-2H3/b8-5+. The van der Waals surface area contributed by atoms with E-state index in [2.05, 4.69) is 15.9 Å². The SMILES string of the molecule is COc1cc(Br)c(/C=C/C(=O)c2ccc(Cl)cc2)cc1OC. The van der Waals surface area contributed by atoms with E-state index in [-0.39, 0.29) is 5.78 Å². The monoisotopic (exact) mass is 380 g/mol. The third-order valence-electron chi connectivity index (χ3n) is 3.05. The van der Waals surface area contributed by atoms with Gasteiger partial charge >= 0.3 is 0 Å². The summed E-state index contributed by atoms with van der Waals surface area (Å²) >= 11 is 9.26. The van der Waals surface area contributed by atoms with Crippen molar-refractivity contribution < 1.29 is 14.3 Å². The van der Waals surface area contributed by atoms with Crippen molar-refractivity contribution in [1.29, 1.82) is 0 Å². The molecule has 0 amide bonds. The van der Waals surface area contributed by atoms with Crippen LogP contribution in [0.3, 0.4) is 0 Å². The number of allylic oxidation sites excluding steroid dienone is 1. The number of carbonyl (C=O) groups excluding carboxylic acids is 1. The first-order valence-electron chi connectivity index (χ1n) is 6.44. The van der Waals surface area contributed by atoms with Gasteiger partial charge in [-0.25, -0.2) is 0 Å². The van der Waals surface area contributed by atoms with Crippen LogP contribution in [0.1, 0.15) is 15.9 Å². The molecule has 2 aromatic carbocycles. The zero-order valence-electron chi connectivity index (χ0n) is 12.1. The number of ether oxygens (including phenoxy) is 2. The van der Waals surface area contributed by atoms with Gasteiger partial charge in [-0.05, 0) is 54.1 Å². The van der Waals surface area contributed by atoms with Crippen LogP contribution in [0.4, 0.5) is 0 Å². The molecule has 114 valence electrons. The van der Waals surface area contributed by atoms with Crippen molar-refractivity contribution in [3.05, 3.63) is 63.1 Å². The van der Waals surface area contributed by atoms with Crippen LogP contribution in [0, 0.1) is 0 Å². The molecule has 0 spiro atoms. The second kappa shape index (κ2) is 7.47. The highest BCUT2D eigenvalue weighted by Crippen LogP contribution is 2.33. The summed E-state index contributed by atoms with van der Waals surface area (Å²) in [6, 6.07) is 10.4. The molecule has 0 aromatic heterocycles. The van der Waals surface area contributed by atoms with Crippen LogP contribution >= 0.6 is 27.5 Å². The number of hydrogen-bond donors (Lipinski definition) is 0. The van der Waals surface area contributed by atoms with Crippen LogP contribution in [-0.4, -0.2) is 20.0 Å². The van der Waals surface area contributed by atoms with Crippen LogP contribution in [0.5, 0.6) is 11.5 Å². The van der Waals surface area contributed by atoms with Crippen LogP contribution in [-0.2, 0) is 0 Å². The summed E-state index contributed by atoms with van der Waals surface area (Å²) in [6.45, 7) is 0. The average molecular weight is 382 g/mol. The van der Waals surface area contributed by atoms with Crippen LogP contribution in [0.15, 0.2) is 46.9 Å². The first-order chi connectivity index (χ1) is 10.5. The summed E-state index contributed by atoms with van der Waals surface area (Å²) in [5.41, 5.74) is 1.40. The Morgan fingerprint density at radius 1 is 1.09 bits per heavy atom. The second-order valence-corrected chi connectivity index (χ2v) is 5.72.